The molecule has 0 aromatic carbocycles. The van der Waals surface area contributed by atoms with Gasteiger partial charge < -0.3 is 19.6 Å². The Hall–Kier alpha value is -1.90. The Bertz CT molecular complexity index is 1150. The van der Waals surface area contributed by atoms with Gasteiger partial charge in [-0.3, -0.25) is 13.8 Å². The third kappa shape index (κ3) is 48.8. The SMILES string of the molecule is CCCCCCCCCC=CC=CC=CC=CC=CC=CC(=O)C(C[N+](C)(C)C)OP(=O)(O)OCC(O)CO.CCCCCCCCCCCCCCCCCCCCC. The molecular formula is C51H95NO7P+. The fraction of sp³-hybridized carbons (Fsp3) is 0.745. The van der Waals surface area contributed by atoms with Gasteiger partial charge in [-0.15, -0.1) is 0 Å². The van der Waals surface area contributed by atoms with Gasteiger partial charge in [0.1, 0.15) is 12.6 Å². The average molecular weight is 865 g/mol. The van der Waals surface area contributed by atoms with Gasteiger partial charge in [0.25, 0.3) is 0 Å². The number of phosphoric ester groups is 1. The molecular weight excluding hydrogens is 770 g/mol. The molecule has 0 fully saturated rings. The highest BCUT2D eigenvalue weighted by Gasteiger charge is 2.34. The summed E-state index contributed by atoms with van der Waals surface area (Å²) in [6, 6.07) is 0. The highest BCUT2D eigenvalue weighted by Crippen LogP contribution is 2.45. The van der Waals surface area contributed by atoms with Crippen molar-refractivity contribution in [2.75, 3.05) is 40.9 Å². The number of carbonyl (C=O) groups excluding carboxylic acids is 1. The first-order valence-electron chi connectivity index (χ1n) is 24.2. The molecule has 0 aliphatic carbocycles. The van der Waals surface area contributed by atoms with Crippen molar-refractivity contribution in [1.29, 1.82) is 0 Å². The van der Waals surface area contributed by atoms with Gasteiger partial charge in [0.2, 0.25) is 0 Å². The van der Waals surface area contributed by atoms with Crippen molar-refractivity contribution in [1.82, 2.24) is 0 Å². The highest BCUT2D eigenvalue weighted by molar-refractivity contribution is 7.47. The molecule has 0 heterocycles. The van der Waals surface area contributed by atoms with E-state index < -0.39 is 39.0 Å². The van der Waals surface area contributed by atoms with Crippen LogP contribution in [-0.4, -0.2) is 78.5 Å². The number of hydrogen-bond acceptors (Lipinski definition) is 6. The maximum absolute atomic E-state index is 12.6. The van der Waals surface area contributed by atoms with Gasteiger partial charge in [-0.2, -0.15) is 0 Å². The summed E-state index contributed by atoms with van der Waals surface area (Å²) < 4.78 is 22.2. The van der Waals surface area contributed by atoms with Crippen LogP contribution in [-0.2, 0) is 18.4 Å². The van der Waals surface area contributed by atoms with E-state index in [0.717, 1.165) is 6.42 Å². The van der Waals surface area contributed by atoms with Gasteiger partial charge >= 0.3 is 7.82 Å². The predicted octanol–water partition coefficient (Wildman–Crippen LogP) is 14.0. The minimum absolute atomic E-state index is 0.121. The van der Waals surface area contributed by atoms with Crippen LogP contribution in [0.1, 0.15) is 194 Å². The lowest BCUT2D eigenvalue weighted by Gasteiger charge is -2.28. The van der Waals surface area contributed by atoms with Crippen molar-refractivity contribution in [2.45, 2.75) is 206 Å². The number of aliphatic hydroxyl groups excluding tert-OH is 2. The Morgan fingerprint density at radius 3 is 1.23 bits per heavy atom. The van der Waals surface area contributed by atoms with E-state index >= 15 is 0 Å². The van der Waals surface area contributed by atoms with Crippen LogP contribution in [0.2, 0.25) is 0 Å². The molecule has 0 rings (SSSR count). The minimum atomic E-state index is -4.62. The van der Waals surface area contributed by atoms with Crippen molar-refractivity contribution in [3.05, 3.63) is 72.9 Å². The molecule has 3 N–H and O–H groups in total. The quantitative estimate of drug-likeness (QED) is 0.0184. The van der Waals surface area contributed by atoms with Crippen LogP contribution in [0.4, 0.5) is 0 Å². The lowest BCUT2D eigenvalue weighted by molar-refractivity contribution is -0.872. The third-order valence-corrected chi connectivity index (χ3v) is 11.0. The second-order valence-electron chi connectivity index (χ2n) is 17.3. The van der Waals surface area contributed by atoms with Gasteiger partial charge in [0.05, 0.1) is 34.4 Å². The predicted molar refractivity (Wildman–Crippen MR) is 258 cm³/mol. The molecule has 3 atom stereocenters. The smallest absolute Gasteiger partial charge is 0.394 e. The lowest BCUT2D eigenvalue weighted by atomic mass is 10.0. The number of quaternary nitrogens is 1. The first kappa shape index (κ1) is 60.2. The number of likely N-dealkylation sites (N-methyl/N-ethyl adjacent to an activating group) is 1. The first-order chi connectivity index (χ1) is 28.9. The van der Waals surface area contributed by atoms with E-state index in [1.54, 1.807) is 12.2 Å². The zero-order chi connectivity index (χ0) is 44.8. The van der Waals surface area contributed by atoms with Gasteiger partial charge in [0, 0.05) is 0 Å². The van der Waals surface area contributed by atoms with Crippen molar-refractivity contribution >= 4 is 13.6 Å². The number of hydrogen-bond donors (Lipinski definition) is 3. The van der Waals surface area contributed by atoms with E-state index in [0.29, 0.717) is 4.48 Å². The number of carbonyl (C=O) groups is 1. The Labute approximate surface area is 370 Å². The van der Waals surface area contributed by atoms with Crippen LogP contribution in [0.3, 0.4) is 0 Å². The Kier molecular flexibility index (Phi) is 45.3. The summed E-state index contributed by atoms with van der Waals surface area (Å²) in [5.74, 6) is -0.498. The number of aliphatic hydroxyl groups is 2. The molecule has 0 aliphatic heterocycles. The second kappa shape index (κ2) is 45.1. The molecule has 0 radical (unpaired) electrons. The number of nitrogens with zero attached hydrogens (tertiary/aromatic N) is 1. The van der Waals surface area contributed by atoms with Gasteiger partial charge in [-0.25, -0.2) is 4.57 Å². The molecule has 0 bridgehead atoms. The second-order valence-corrected chi connectivity index (χ2v) is 18.7. The number of allylic oxidation sites excluding steroid dienone is 11. The van der Waals surface area contributed by atoms with Crippen LogP contribution < -0.4 is 0 Å². The summed E-state index contributed by atoms with van der Waals surface area (Å²) in [5, 5.41) is 18.1. The molecule has 350 valence electrons. The van der Waals surface area contributed by atoms with Crippen LogP contribution in [0.15, 0.2) is 72.9 Å². The molecule has 0 saturated carbocycles. The van der Waals surface area contributed by atoms with Crippen LogP contribution in [0.5, 0.6) is 0 Å². The largest absolute Gasteiger partial charge is 0.473 e. The first-order valence-corrected chi connectivity index (χ1v) is 25.7. The standard InChI is InChI=1S/C30H50NO7P.C21H44/c1-5-6-7-8-9-10-11-12-13-14-15-16-17-18-19-20-21-22-23-24-29(34)30(25-31(2,3)4)38-39(35,36)37-27-28(33)26-32;1-3-5-7-9-11-13-15-17-19-21-20-18-16-14-12-10-8-6-4-2/h13-24,28,30,32-33H,5-12,25-27H2,1-4H3;3-21H2,1-2H3/p+1. The molecule has 0 saturated heterocycles. The molecule has 0 aromatic rings. The summed E-state index contributed by atoms with van der Waals surface area (Å²) in [6.07, 6.45) is 57.7. The molecule has 60 heavy (non-hydrogen) atoms. The number of unbranched alkanes of at least 4 members (excludes halogenated alkanes) is 25. The maximum Gasteiger partial charge on any atom is 0.473 e. The summed E-state index contributed by atoms with van der Waals surface area (Å²) >= 11 is 0. The van der Waals surface area contributed by atoms with Crippen molar-refractivity contribution in [3.8, 4) is 0 Å². The molecule has 0 amide bonds. The van der Waals surface area contributed by atoms with Gasteiger partial charge in [-0.1, -0.05) is 248 Å². The van der Waals surface area contributed by atoms with Crippen molar-refractivity contribution in [3.63, 3.8) is 0 Å². The van der Waals surface area contributed by atoms with Crippen LogP contribution >= 0.6 is 7.82 Å². The van der Waals surface area contributed by atoms with E-state index in [4.69, 9.17) is 9.63 Å². The van der Waals surface area contributed by atoms with Gasteiger partial charge in [0.15, 0.2) is 11.9 Å². The monoisotopic (exact) mass is 865 g/mol. The highest BCUT2D eigenvalue weighted by atomic mass is 31.2. The Balaban J connectivity index is 0. The maximum atomic E-state index is 12.6. The fourth-order valence-electron chi connectivity index (χ4n) is 6.41. The fourth-order valence-corrected chi connectivity index (χ4v) is 7.33. The van der Waals surface area contributed by atoms with Crippen molar-refractivity contribution in [2.24, 2.45) is 0 Å². The van der Waals surface area contributed by atoms with Gasteiger partial charge in [-0.05, 0) is 18.9 Å². The molecule has 0 spiro atoms. The van der Waals surface area contributed by atoms with E-state index in [-0.39, 0.29) is 6.54 Å². The number of phosphoric acid groups is 1. The summed E-state index contributed by atoms with van der Waals surface area (Å²) in [4.78, 5) is 22.5. The Morgan fingerprint density at radius 2 is 0.883 bits per heavy atom. The molecule has 8 nitrogen and oxygen atoms in total. The zero-order valence-corrected chi connectivity index (χ0v) is 40.6. The topological polar surface area (TPSA) is 113 Å². The number of ketones is 1. The zero-order valence-electron chi connectivity index (χ0n) is 39.7. The molecule has 0 aliphatic rings. The number of rotatable bonds is 41. The normalized spacial score (nSPS) is 14.6. The molecule has 0 aromatic heterocycles. The van der Waals surface area contributed by atoms with Crippen molar-refractivity contribution < 1.29 is 38.0 Å². The lowest BCUT2D eigenvalue weighted by Crippen LogP contribution is -2.45. The summed E-state index contributed by atoms with van der Waals surface area (Å²) in [7, 11) is 0.820. The third-order valence-electron chi connectivity index (χ3n) is 10.0. The minimum Gasteiger partial charge on any atom is -0.394 e. The summed E-state index contributed by atoms with van der Waals surface area (Å²) in [5.41, 5.74) is 0. The van der Waals surface area contributed by atoms with E-state index in [9.17, 15) is 19.4 Å². The van der Waals surface area contributed by atoms with E-state index in [1.807, 2.05) is 57.6 Å². The molecule has 3 unspecified atom stereocenters. The average Bonchev–Trinajstić information content (AvgIpc) is 3.21. The van der Waals surface area contributed by atoms with E-state index in [2.05, 4.69) is 37.4 Å². The van der Waals surface area contributed by atoms with Crippen LogP contribution in [0, 0.1) is 0 Å². The Morgan fingerprint density at radius 1 is 0.550 bits per heavy atom. The summed E-state index contributed by atoms with van der Waals surface area (Å²) in [6.45, 7) is 5.73. The van der Waals surface area contributed by atoms with E-state index in [1.165, 1.54) is 179 Å². The van der Waals surface area contributed by atoms with Crippen LogP contribution in [0.25, 0.3) is 0 Å². The molecule has 9 heteroatoms.